The lowest BCUT2D eigenvalue weighted by Gasteiger charge is -2.04. The molecule has 100 valence electrons. The average Bonchev–Trinajstić information content (AvgIpc) is 3.05. The van der Waals surface area contributed by atoms with Crippen molar-refractivity contribution < 1.29 is 9.32 Å². The largest absolute Gasteiger partial charge is 0.338 e. The summed E-state index contributed by atoms with van der Waals surface area (Å²) in [5.74, 6) is 0.285. The Bertz CT molecular complexity index is 627. The Morgan fingerprint density at radius 2 is 2.37 bits per heavy atom. The molecule has 0 aromatic carbocycles. The normalized spacial score (nSPS) is 13.6. The second-order valence-electron chi connectivity index (χ2n) is 4.73. The van der Waals surface area contributed by atoms with Crippen LogP contribution in [0.4, 0.5) is 5.88 Å². The average molecular weight is 260 g/mol. The standard InChI is InChI=1S/C13H16N4O2/c1-3-17-11(7-8(2)15-17)12(18)14-13-9-5-4-6-10(9)16-19-13/h7H,3-6H2,1-2H3,(H,14,18). The van der Waals surface area contributed by atoms with Crippen LogP contribution in [0.1, 0.15) is 40.8 Å². The highest BCUT2D eigenvalue weighted by Crippen LogP contribution is 2.28. The molecule has 1 N–H and O–H groups in total. The third-order valence-electron chi connectivity index (χ3n) is 3.37. The van der Waals surface area contributed by atoms with Gasteiger partial charge in [0.25, 0.3) is 5.91 Å². The first kappa shape index (κ1) is 12.0. The zero-order chi connectivity index (χ0) is 13.4. The van der Waals surface area contributed by atoms with Gasteiger partial charge in [-0.15, -0.1) is 0 Å². The maximum Gasteiger partial charge on any atom is 0.276 e. The molecular formula is C13H16N4O2. The van der Waals surface area contributed by atoms with Crippen LogP contribution in [0.15, 0.2) is 10.6 Å². The fraction of sp³-hybridized carbons (Fsp3) is 0.462. The van der Waals surface area contributed by atoms with Gasteiger partial charge in [-0.25, -0.2) is 0 Å². The van der Waals surface area contributed by atoms with Crippen molar-refractivity contribution in [1.82, 2.24) is 14.9 Å². The van der Waals surface area contributed by atoms with Crippen molar-refractivity contribution in [2.75, 3.05) is 5.32 Å². The van der Waals surface area contributed by atoms with Crippen LogP contribution < -0.4 is 5.32 Å². The molecule has 2 aromatic heterocycles. The molecule has 19 heavy (non-hydrogen) atoms. The first-order chi connectivity index (χ1) is 9.19. The summed E-state index contributed by atoms with van der Waals surface area (Å²) in [5, 5.41) is 11.0. The van der Waals surface area contributed by atoms with E-state index in [-0.39, 0.29) is 5.91 Å². The molecule has 0 unspecified atom stereocenters. The van der Waals surface area contributed by atoms with E-state index in [1.807, 2.05) is 13.8 Å². The highest BCUT2D eigenvalue weighted by Gasteiger charge is 2.23. The van der Waals surface area contributed by atoms with E-state index in [2.05, 4.69) is 15.6 Å². The van der Waals surface area contributed by atoms with E-state index in [1.54, 1.807) is 10.7 Å². The van der Waals surface area contributed by atoms with Crippen molar-refractivity contribution in [3.05, 3.63) is 28.7 Å². The van der Waals surface area contributed by atoms with Crippen LogP contribution in [0.5, 0.6) is 0 Å². The van der Waals surface area contributed by atoms with Gasteiger partial charge in [0, 0.05) is 12.1 Å². The summed E-state index contributed by atoms with van der Waals surface area (Å²) in [6.45, 7) is 4.48. The molecule has 0 saturated carbocycles. The Balaban J connectivity index is 1.84. The fourth-order valence-corrected chi connectivity index (χ4v) is 2.46. The smallest absolute Gasteiger partial charge is 0.276 e. The van der Waals surface area contributed by atoms with Crippen molar-refractivity contribution in [3.8, 4) is 0 Å². The van der Waals surface area contributed by atoms with Crippen LogP contribution in [-0.4, -0.2) is 20.8 Å². The van der Waals surface area contributed by atoms with Crippen molar-refractivity contribution >= 4 is 11.8 Å². The lowest BCUT2D eigenvalue weighted by Crippen LogP contribution is -2.17. The maximum absolute atomic E-state index is 12.2. The van der Waals surface area contributed by atoms with E-state index in [0.29, 0.717) is 18.1 Å². The van der Waals surface area contributed by atoms with Crippen LogP contribution in [-0.2, 0) is 19.4 Å². The first-order valence-electron chi connectivity index (χ1n) is 6.52. The zero-order valence-electron chi connectivity index (χ0n) is 11.1. The Morgan fingerprint density at radius 1 is 1.53 bits per heavy atom. The minimum Gasteiger partial charge on any atom is -0.338 e. The number of hydrogen-bond acceptors (Lipinski definition) is 4. The lowest BCUT2D eigenvalue weighted by molar-refractivity contribution is 0.101. The summed E-state index contributed by atoms with van der Waals surface area (Å²) in [7, 11) is 0. The van der Waals surface area contributed by atoms with E-state index in [4.69, 9.17) is 4.52 Å². The molecule has 2 aromatic rings. The number of aromatic nitrogens is 3. The first-order valence-corrected chi connectivity index (χ1v) is 6.52. The van der Waals surface area contributed by atoms with E-state index < -0.39 is 0 Å². The summed E-state index contributed by atoms with van der Waals surface area (Å²) in [5.41, 5.74) is 3.38. The number of nitrogens with one attached hydrogen (secondary N) is 1. The summed E-state index contributed by atoms with van der Waals surface area (Å²) >= 11 is 0. The SMILES string of the molecule is CCn1nc(C)cc1C(=O)Nc1onc2c1CCC2. The summed E-state index contributed by atoms with van der Waals surface area (Å²) in [6, 6.07) is 1.77. The number of hydrogen-bond donors (Lipinski definition) is 1. The maximum atomic E-state index is 12.2. The van der Waals surface area contributed by atoms with Crippen molar-refractivity contribution in [3.63, 3.8) is 0 Å². The minimum absolute atomic E-state index is 0.201. The molecule has 0 bridgehead atoms. The molecule has 0 aliphatic heterocycles. The lowest BCUT2D eigenvalue weighted by atomic mass is 10.2. The molecule has 6 heteroatoms. The van der Waals surface area contributed by atoms with Gasteiger partial charge < -0.3 is 4.52 Å². The molecule has 6 nitrogen and oxygen atoms in total. The van der Waals surface area contributed by atoms with Crippen molar-refractivity contribution in [2.24, 2.45) is 0 Å². The third kappa shape index (κ3) is 2.03. The predicted octanol–water partition coefficient (Wildman–Crippen LogP) is 1.94. The highest BCUT2D eigenvalue weighted by molar-refractivity contribution is 6.02. The fourth-order valence-electron chi connectivity index (χ4n) is 2.46. The van der Waals surface area contributed by atoms with Gasteiger partial charge in [-0.05, 0) is 39.2 Å². The van der Waals surface area contributed by atoms with Gasteiger partial charge in [0.1, 0.15) is 5.69 Å². The summed E-state index contributed by atoms with van der Waals surface area (Å²) < 4.78 is 6.88. The van der Waals surface area contributed by atoms with Crippen molar-refractivity contribution in [2.45, 2.75) is 39.7 Å². The predicted molar refractivity (Wildman–Crippen MR) is 69.1 cm³/mol. The topological polar surface area (TPSA) is 73.0 Å². The number of amides is 1. The quantitative estimate of drug-likeness (QED) is 0.915. The number of rotatable bonds is 3. The van der Waals surface area contributed by atoms with E-state index in [0.717, 1.165) is 36.2 Å². The van der Waals surface area contributed by atoms with Crippen LogP contribution in [0.2, 0.25) is 0 Å². The second kappa shape index (κ2) is 4.53. The molecule has 0 spiro atoms. The molecular weight excluding hydrogens is 244 g/mol. The number of carbonyl (C=O) groups excluding carboxylic acids is 1. The van der Waals surface area contributed by atoms with Gasteiger partial charge in [-0.2, -0.15) is 5.10 Å². The van der Waals surface area contributed by atoms with Gasteiger partial charge >= 0.3 is 0 Å². The van der Waals surface area contributed by atoms with E-state index >= 15 is 0 Å². The molecule has 2 heterocycles. The van der Waals surface area contributed by atoms with E-state index in [1.165, 1.54) is 0 Å². The molecule has 1 aliphatic carbocycles. The third-order valence-corrected chi connectivity index (χ3v) is 3.37. The van der Waals surface area contributed by atoms with E-state index in [9.17, 15) is 4.79 Å². The van der Waals surface area contributed by atoms with Gasteiger partial charge in [-0.1, -0.05) is 5.16 Å². The molecule has 0 saturated heterocycles. The summed E-state index contributed by atoms with van der Waals surface area (Å²) in [6.07, 6.45) is 2.92. The molecule has 1 amide bonds. The monoisotopic (exact) mass is 260 g/mol. The molecule has 1 aliphatic rings. The Hall–Kier alpha value is -2.11. The summed E-state index contributed by atoms with van der Waals surface area (Å²) in [4.78, 5) is 12.2. The number of carbonyl (C=O) groups is 1. The van der Waals surface area contributed by atoms with Crippen LogP contribution in [0.25, 0.3) is 0 Å². The van der Waals surface area contributed by atoms with Crippen LogP contribution in [0, 0.1) is 6.92 Å². The Labute approximate surface area is 110 Å². The van der Waals surface area contributed by atoms with Gasteiger partial charge in [0.2, 0.25) is 5.88 Å². The van der Waals surface area contributed by atoms with Gasteiger partial charge in [0.05, 0.1) is 11.4 Å². The van der Waals surface area contributed by atoms with Gasteiger partial charge in [0.15, 0.2) is 0 Å². The molecule has 0 fully saturated rings. The van der Waals surface area contributed by atoms with Crippen LogP contribution in [0.3, 0.4) is 0 Å². The minimum atomic E-state index is -0.201. The zero-order valence-corrected chi connectivity index (χ0v) is 11.1. The number of fused-ring (bicyclic) bond motifs is 1. The molecule has 0 radical (unpaired) electrons. The molecule has 0 atom stereocenters. The number of nitrogens with zero attached hydrogens (tertiary/aromatic N) is 3. The molecule has 3 rings (SSSR count). The second-order valence-corrected chi connectivity index (χ2v) is 4.73. The Morgan fingerprint density at radius 3 is 3.16 bits per heavy atom. The highest BCUT2D eigenvalue weighted by atomic mass is 16.5. The Kier molecular flexibility index (Phi) is 2.85. The number of anilines is 1. The van der Waals surface area contributed by atoms with Gasteiger partial charge in [-0.3, -0.25) is 14.8 Å². The number of aryl methyl sites for hydroxylation is 3. The van der Waals surface area contributed by atoms with Crippen LogP contribution >= 0.6 is 0 Å². The van der Waals surface area contributed by atoms with Crippen molar-refractivity contribution in [1.29, 1.82) is 0 Å².